The lowest BCUT2D eigenvalue weighted by Gasteiger charge is -2.22. The van der Waals surface area contributed by atoms with Gasteiger partial charge < -0.3 is 15.5 Å². The van der Waals surface area contributed by atoms with E-state index in [1.165, 1.54) is 37.3 Å². The highest BCUT2D eigenvalue weighted by atomic mass is 32.2. The molecule has 2 aromatic carbocycles. The molecule has 1 aliphatic heterocycles. The fourth-order valence-electron chi connectivity index (χ4n) is 2.70. The predicted octanol–water partition coefficient (Wildman–Crippen LogP) is 3.46. The van der Waals surface area contributed by atoms with E-state index in [1.807, 2.05) is 0 Å². The van der Waals surface area contributed by atoms with Crippen LogP contribution in [-0.4, -0.2) is 43.3 Å². The van der Waals surface area contributed by atoms with E-state index in [-0.39, 0.29) is 26.0 Å². The van der Waals surface area contributed by atoms with Crippen LogP contribution in [0.2, 0.25) is 0 Å². The Bertz CT molecular complexity index is 1100. The van der Waals surface area contributed by atoms with Gasteiger partial charge in [-0.1, -0.05) is 42.2 Å². The number of rotatable bonds is 5. The van der Waals surface area contributed by atoms with E-state index < -0.39 is 35.4 Å². The third-order valence-electron chi connectivity index (χ3n) is 4.28. The predicted molar refractivity (Wildman–Crippen MR) is 115 cm³/mol. The van der Waals surface area contributed by atoms with Crippen molar-refractivity contribution in [3.8, 4) is 5.75 Å². The first kappa shape index (κ1) is 21.5. The number of phenols is 1. The summed E-state index contributed by atoms with van der Waals surface area (Å²) in [6, 6.07) is 8.51. The van der Waals surface area contributed by atoms with Crippen molar-refractivity contribution in [3.63, 3.8) is 0 Å². The number of nitrogens with zero attached hydrogens (tertiary/aromatic N) is 1. The zero-order chi connectivity index (χ0) is 22.0. The van der Waals surface area contributed by atoms with Gasteiger partial charge in [-0.25, -0.2) is 9.18 Å². The van der Waals surface area contributed by atoms with Crippen molar-refractivity contribution < 1.29 is 29.0 Å². The van der Waals surface area contributed by atoms with E-state index in [0.29, 0.717) is 0 Å². The largest absolute Gasteiger partial charge is 0.507 e. The van der Waals surface area contributed by atoms with E-state index in [4.69, 9.17) is 17.3 Å². The Morgan fingerprint density at radius 2 is 1.97 bits per heavy atom. The summed E-state index contributed by atoms with van der Waals surface area (Å²) < 4.78 is 14.0. The molecule has 0 unspecified atom stereocenters. The Hall–Kier alpha value is -3.24. The standard InChI is InChI=1S/C20H15FN2O5S2/c1-10(17(25)22-12-6-7-15(24)13(9-12)19(27)28)23-18(26)16(30-20(23)29)8-11-4-2-3-5-14(11)21/h2-10,24H,1H3,(H,22,25)(H,27,28)/b16-8+/t10-/m1/s1. The molecule has 3 rings (SSSR count). The fourth-order valence-corrected chi connectivity index (χ4v) is 4.11. The summed E-state index contributed by atoms with van der Waals surface area (Å²) in [5, 5.41) is 21.1. The molecule has 0 saturated carbocycles. The van der Waals surface area contributed by atoms with Crippen molar-refractivity contribution in [1.29, 1.82) is 0 Å². The molecular weight excluding hydrogens is 431 g/mol. The van der Waals surface area contributed by atoms with Gasteiger partial charge in [0.2, 0.25) is 5.91 Å². The third kappa shape index (κ3) is 4.34. The smallest absolute Gasteiger partial charge is 0.339 e. The minimum Gasteiger partial charge on any atom is -0.507 e. The van der Waals surface area contributed by atoms with Crippen LogP contribution in [0.3, 0.4) is 0 Å². The Kier molecular flexibility index (Phi) is 6.18. The molecule has 1 aliphatic rings. The second kappa shape index (κ2) is 8.64. The maximum Gasteiger partial charge on any atom is 0.339 e. The Morgan fingerprint density at radius 3 is 2.63 bits per heavy atom. The number of carbonyl (C=O) groups excluding carboxylic acids is 2. The Labute approximate surface area is 180 Å². The number of halogens is 1. The summed E-state index contributed by atoms with van der Waals surface area (Å²) in [6.45, 7) is 1.46. The van der Waals surface area contributed by atoms with Gasteiger partial charge in [0.1, 0.15) is 27.5 Å². The number of anilines is 1. The lowest BCUT2D eigenvalue weighted by atomic mass is 10.1. The fraction of sp³-hybridized carbons (Fsp3) is 0.100. The highest BCUT2D eigenvalue weighted by Gasteiger charge is 2.38. The molecule has 30 heavy (non-hydrogen) atoms. The first-order valence-corrected chi connectivity index (χ1v) is 9.80. The number of carbonyl (C=O) groups is 3. The van der Waals surface area contributed by atoms with Gasteiger partial charge in [-0.3, -0.25) is 14.5 Å². The summed E-state index contributed by atoms with van der Waals surface area (Å²) in [5.41, 5.74) is -0.0197. The molecule has 1 saturated heterocycles. The average molecular weight is 446 g/mol. The van der Waals surface area contributed by atoms with Crippen LogP contribution in [0.15, 0.2) is 47.4 Å². The van der Waals surface area contributed by atoms with E-state index in [0.717, 1.165) is 28.8 Å². The first-order valence-electron chi connectivity index (χ1n) is 8.58. The van der Waals surface area contributed by atoms with Gasteiger partial charge in [0.25, 0.3) is 5.91 Å². The van der Waals surface area contributed by atoms with Crippen molar-refractivity contribution >= 4 is 57.8 Å². The van der Waals surface area contributed by atoms with Gasteiger partial charge in [0.15, 0.2) is 0 Å². The van der Waals surface area contributed by atoms with Gasteiger partial charge >= 0.3 is 5.97 Å². The van der Waals surface area contributed by atoms with Crippen LogP contribution >= 0.6 is 24.0 Å². The van der Waals surface area contributed by atoms with Crippen molar-refractivity contribution in [3.05, 3.63) is 64.3 Å². The number of thiocarbonyl (C=S) groups is 1. The number of amides is 2. The van der Waals surface area contributed by atoms with E-state index in [1.54, 1.807) is 6.07 Å². The molecule has 154 valence electrons. The quantitative estimate of drug-likeness (QED) is 0.367. The molecule has 3 N–H and O–H groups in total. The first-order chi connectivity index (χ1) is 14.2. The van der Waals surface area contributed by atoms with Crippen molar-refractivity contribution in [2.24, 2.45) is 0 Å². The second-order valence-corrected chi connectivity index (χ2v) is 7.95. The summed E-state index contributed by atoms with van der Waals surface area (Å²) in [4.78, 5) is 37.8. The van der Waals surface area contributed by atoms with Crippen LogP contribution in [0, 0.1) is 5.82 Å². The van der Waals surface area contributed by atoms with Gasteiger partial charge in [0.05, 0.1) is 4.91 Å². The molecule has 2 aromatic rings. The van der Waals surface area contributed by atoms with Gasteiger partial charge in [-0.05, 0) is 37.3 Å². The lowest BCUT2D eigenvalue weighted by Crippen LogP contribution is -2.44. The van der Waals surface area contributed by atoms with Crippen LogP contribution < -0.4 is 5.32 Å². The van der Waals surface area contributed by atoms with Crippen molar-refractivity contribution in [2.45, 2.75) is 13.0 Å². The number of hydrogen-bond acceptors (Lipinski definition) is 6. The second-order valence-electron chi connectivity index (χ2n) is 6.28. The number of carboxylic acid groups (broad SMARTS) is 1. The SMILES string of the molecule is C[C@H](C(=O)Nc1ccc(O)c(C(=O)O)c1)N1C(=O)/C(=C\c2ccccc2F)SC1=S. The van der Waals surface area contributed by atoms with Crippen LogP contribution in [0.25, 0.3) is 6.08 Å². The molecule has 1 fully saturated rings. The van der Waals surface area contributed by atoms with Crippen LogP contribution in [-0.2, 0) is 9.59 Å². The zero-order valence-electron chi connectivity index (χ0n) is 15.5. The van der Waals surface area contributed by atoms with Gasteiger partial charge in [0, 0.05) is 11.3 Å². The Morgan fingerprint density at radius 1 is 1.27 bits per heavy atom. The molecule has 1 atom stereocenters. The lowest BCUT2D eigenvalue weighted by molar-refractivity contribution is -0.129. The highest BCUT2D eigenvalue weighted by molar-refractivity contribution is 8.26. The molecule has 0 spiro atoms. The average Bonchev–Trinajstić information content (AvgIpc) is 2.97. The molecule has 1 heterocycles. The van der Waals surface area contributed by atoms with Crippen LogP contribution in [0.4, 0.5) is 10.1 Å². The summed E-state index contributed by atoms with van der Waals surface area (Å²) in [5.74, 6) is -3.43. The maximum atomic E-state index is 13.9. The van der Waals surface area contributed by atoms with E-state index in [2.05, 4.69) is 5.32 Å². The minimum atomic E-state index is -1.35. The highest BCUT2D eigenvalue weighted by Crippen LogP contribution is 2.34. The summed E-state index contributed by atoms with van der Waals surface area (Å²) >= 11 is 6.18. The summed E-state index contributed by atoms with van der Waals surface area (Å²) in [6.07, 6.45) is 1.37. The number of benzene rings is 2. The number of carboxylic acids is 1. The minimum absolute atomic E-state index is 0.134. The van der Waals surface area contributed by atoms with Crippen LogP contribution in [0.5, 0.6) is 5.75 Å². The van der Waals surface area contributed by atoms with Crippen molar-refractivity contribution in [2.75, 3.05) is 5.32 Å². The Balaban J connectivity index is 1.79. The molecule has 0 radical (unpaired) electrons. The molecule has 7 nitrogen and oxygen atoms in total. The summed E-state index contributed by atoms with van der Waals surface area (Å²) in [7, 11) is 0. The normalized spacial score (nSPS) is 16.1. The van der Waals surface area contributed by atoms with Gasteiger partial charge in [-0.15, -0.1) is 0 Å². The molecule has 0 aromatic heterocycles. The number of thioether (sulfide) groups is 1. The maximum absolute atomic E-state index is 13.9. The van der Waals surface area contributed by atoms with E-state index in [9.17, 15) is 23.9 Å². The number of nitrogens with one attached hydrogen (secondary N) is 1. The molecular formula is C20H15FN2O5S2. The molecule has 0 aliphatic carbocycles. The number of aromatic hydroxyl groups is 1. The van der Waals surface area contributed by atoms with E-state index >= 15 is 0 Å². The molecule has 10 heteroatoms. The van der Waals surface area contributed by atoms with Crippen LogP contribution in [0.1, 0.15) is 22.8 Å². The van der Waals surface area contributed by atoms with Gasteiger partial charge in [-0.2, -0.15) is 0 Å². The number of hydrogen-bond donors (Lipinski definition) is 3. The molecule has 2 amide bonds. The topological polar surface area (TPSA) is 107 Å². The number of aromatic carboxylic acids is 1. The third-order valence-corrected chi connectivity index (χ3v) is 5.61. The van der Waals surface area contributed by atoms with Crippen molar-refractivity contribution in [1.82, 2.24) is 4.90 Å². The molecule has 0 bridgehead atoms. The zero-order valence-corrected chi connectivity index (χ0v) is 17.1. The monoisotopic (exact) mass is 446 g/mol.